The third-order valence-electron chi connectivity index (χ3n) is 1.78. The molecule has 0 heterocycles. The maximum atomic E-state index is 8.58. The Kier molecular flexibility index (Phi) is 4.96. The van der Waals surface area contributed by atoms with Gasteiger partial charge in [-0.15, -0.1) is 0 Å². The minimum absolute atomic E-state index is 0.119. The molecule has 3 nitrogen and oxygen atoms in total. The summed E-state index contributed by atoms with van der Waals surface area (Å²) in [5.41, 5.74) is 0.287. The molecule has 0 N–H and O–H groups in total. The van der Waals surface area contributed by atoms with Gasteiger partial charge in [0.25, 0.3) is 0 Å². The van der Waals surface area contributed by atoms with Crippen LogP contribution in [0.2, 0.25) is 0 Å². The smallest absolute Gasteiger partial charge is 0.190 e. The van der Waals surface area contributed by atoms with Gasteiger partial charge in [-0.05, 0) is 30.7 Å². The van der Waals surface area contributed by atoms with E-state index in [-0.39, 0.29) is 12.4 Å². The van der Waals surface area contributed by atoms with Gasteiger partial charge in [0, 0.05) is 0 Å². The van der Waals surface area contributed by atoms with Crippen LogP contribution in [0.25, 0.3) is 0 Å². The lowest BCUT2D eigenvalue weighted by molar-refractivity contribution is -0.00291. The van der Waals surface area contributed by atoms with Gasteiger partial charge in [-0.2, -0.15) is 5.26 Å². The number of halogens is 1. The summed E-state index contributed by atoms with van der Waals surface area (Å²) in [6, 6.07) is 8.84. The number of ether oxygens (including phenoxy) is 2. The van der Waals surface area contributed by atoms with Crippen LogP contribution in [-0.2, 0) is 4.74 Å². The number of hydrogen-bond acceptors (Lipinski definition) is 3. The van der Waals surface area contributed by atoms with Gasteiger partial charge in [0.2, 0.25) is 0 Å². The Hall–Kier alpha value is -1.24. The lowest BCUT2D eigenvalue weighted by Gasteiger charge is -2.09. The summed E-state index contributed by atoms with van der Waals surface area (Å²) in [5, 5.41) is 8.58. The molecule has 0 aliphatic rings. The molecule has 0 spiro atoms. The van der Waals surface area contributed by atoms with E-state index in [1.165, 1.54) is 0 Å². The maximum Gasteiger partial charge on any atom is 0.190 e. The molecule has 4 heteroatoms. The summed E-state index contributed by atoms with van der Waals surface area (Å²) in [5.74, 6) is 0.661. The minimum atomic E-state index is -0.316. The fourth-order valence-electron chi connectivity index (χ4n) is 0.919. The summed E-state index contributed by atoms with van der Waals surface area (Å²) in [6.45, 7) is 2.05. The first-order valence-corrected chi connectivity index (χ1v) is 5.08. The first-order valence-electron chi connectivity index (χ1n) is 4.65. The SMILES string of the molecule is CCC(Cl)OCOc1ccc(C#N)cc1. The predicted octanol–water partition coefficient (Wildman–Crippen LogP) is 2.89. The quantitative estimate of drug-likeness (QED) is 0.572. The Labute approximate surface area is 94.2 Å². The fraction of sp³-hybridized carbons (Fsp3) is 0.364. The van der Waals surface area contributed by atoms with Gasteiger partial charge >= 0.3 is 0 Å². The molecule has 0 saturated heterocycles. The van der Waals surface area contributed by atoms with Crippen molar-refractivity contribution in [1.82, 2.24) is 0 Å². The fourth-order valence-corrected chi connectivity index (χ4v) is 0.971. The van der Waals surface area contributed by atoms with E-state index in [9.17, 15) is 0 Å². The minimum Gasteiger partial charge on any atom is -0.467 e. The number of nitriles is 1. The molecule has 1 unspecified atom stereocenters. The summed E-state index contributed by atoms with van der Waals surface area (Å²) >= 11 is 5.73. The molecule has 15 heavy (non-hydrogen) atoms. The molecule has 0 bridgehead atoms. The molecular weight excluding hydrogens is 214 g/mol. The number of rotatable bonds is 5. The lowest BCUT2D eigenvalue weighted by Crippen LogP contribution is -2.09. The van der Waals surface area contributed by atoms with Crippen LogP contribution in [0.15, 0.2) is 24.3 Å². The second-order valence-electron chi connectivity index (χ2n) is 2.88. The average Bonchev–Trinajstić information content (AvgIpc) is 2.29. The second-order valence-corrected chi connectivity index (χ2v) is 3.37. The molecule has 0 saturated carbocycles. The molecule has 0 aliphatic carbocycles. The van der Waals surface area contributed by atoms with Crippen molar-refractivity contribution >= 4 is 11.6 Å². The summed E-state index contributed by atoms with van der Waals surface area (Å²) < 4.78 is 10.4. The van der Waals surface area contributed by atoms with Crippen molar-refractivity contribution in [2.24, 2.45) is 0 Å². The normalized spacial score (nSPS) is 11.8. The van der Waals surface area contributed by atoms with Crippen molar-refractivity contribution in [2.75, 3.05) is 6.79 Å². The van der Waals surface area contributed by atoms with E-state index in [0.29, 0.717) is 11.3 Å². The molecule has 0 aliphatic heterocycles. The standard InChI is InChI=1S/C11H12ClNO2/c1-2-11(12)15-8-14-10-5-3-9(7-13)4-6-10/h3-6,11H,2,8H2,1H3. The molecular formula is C11H12ClNO2. The van der Waals surface area contributed by atoms with Gasteiger partial charge in [-0.3, -0.25) is 0 Å². The highest BCUT2D eigenvalue weighted by Crippen LogP contribution is 2.12. The molecule has 1 aromatic rings. The topological polar surface area (TPSA) is 42.2 Å². The van der Waals surface area contributed by atoms with Gasteiger partial charge < -0.3 is 9.47 Å². The molecule has 0 amide bonds. The van der Waals surface area contributed by atoms with Crippen molar-refractivity contribution in [3.8, 4) is 11.8 Å². The van der Waals surface area contributed by atoms with E-state index in [4.69, 9.17) is 26.3 Å². The van der Waals surface area contributed by atoms with Crippen molar-refractivity contribution < 1.29 is 9.47 Å². The van der Waals surface area contributed by atoms with Crippen LogP contribution in [0.3, 0.4) is 0 Å². The third-order valence-corrected chi connectivity index (χ3v) is 2.21. The molecule has 1 atom stereocenters. The highest BCUT2D eigenvalue weighted by atomic mass is 35.5. The summed E-state index contributed by atoms with van der Waals surface area (Å²) in [7, 11) is 0. The largest absolute Gasteiger partial charge is 0.467 e. The van der Waals surface area contributed by atoms with Crippen LogP contribution in [0.1, 0.15) is 18.9 Å². The van der Waals surface area contributed by atoms with Crippen molar-refractivity contribution in [2.45, 2.75) is 18.9 Å². The molecule has 0 fully saturated rings. The van der Waals surface area contributed by atoms with E-state index in [1.807, 2.05) is 13.0 Å². The van der Waals surface area contributed by atoms with Gasteiger partial charge in [0.05, 0.1) is 11.6 Å². The van der Waals surface area contributed by atoms with Gasteiger partial charge in [-0.1, -0.05) is 18.5 Å². The monoisotopic (exact) mass is 225 g/mol. The maximum absolute atomic E-state index is 8.58. The van der Waals surface area contributed by atoms with Crippen LogP contribution >= 0.6 is 11.6 Å². The predicted molar refractivity (Wildman–Crippen MR) is 57.7 cm³/mol. The number of benzene rings is 1. The van der Waals surface area contributed by atoms with E-state index < -0.39 is 0 Å². The van der Waals surface area contributed by atoms with Crippen molar-refractivity contribution in [3.63, 3.8) is 0 Å². The van der Waals surface area contributed by atoms with Crippen LogP contribution in [-0.4, -0.2) is 12.4 Å². The summed E-state index contributed by atoms with van der Waals surface area (Å²) in [4.78, 5) is 0. The lowest BCUT2D eigenvalue weighted by atomic mass is 10.2. The highest BCUT2D eigenvalue weighted by molar-refractivity contribution is 6.19. The molecule has 0 radical (unpaired) electrons. The number of hydrogen-bond donors (Lipinski definition) is 0. The van der Waals surface area contributed by atoms with Crippen molar-refractivity contribution in [1.29, 1.82) is 5.26 Å². The zero-order valence-corrected chi connectivity index (χ0v) is 9.20. The molecule has 0 aromatic heterocycles. The van der Waals surface area contributed by atoms with Gasteiger partial charge in [0.15, 0.2) is 6.79 Å². The first-order chi connectivity index (χ1) is 7.26. The van der Waals surface area contributed by atoms with E-state index in [1.54, 1.807) is 24.3 Å². The Morgan fingerprint density at radius 3 is 2.60 bits per heavy atom. The zero-order chi connectivity index (χ0) is 11.1. The van der Waals surface area contributed by atoms with Crippen LogP contribution in [0.5, 0.6) is 5.75 Å². The second kappa shape index (κ2) is 6.28. The van der Waals surface area contributed by atoms with Crippen LogP contribution < -0.4 is 4.74 Å². The van der Waals surface area contributed by atoms with Gasteiger partial charge in [-0.25, -0.2) is 0 Å². The first kappa shape index (κ1) is 11.8. The van der Waals surface area contributed by atoms with E-state index >= 15 is 0 Å². The summed E-state index contributed by atoms with van der Waals surface area (Å²) in [6.07, 6.45) is 0.734. The number of nitrogens with zero attached hydrogens (tertiary/aromatic N) is 1. The molecule has 80 valence electrons. The Morgan fingerprint density at radius 2 is 2.07 bits per heavy atom. The number of alkyl halides is 1. The van der Waals surface area contributed by atoms with Crippen molar-refractivity contribution in [3.05, 3.63) is 29.8 Å². The Balaban J connectivity index is 2.35. The van der Waals surface area contributed by atoms with Crippen LogP contribution in [0, 0.1) is 11.3 Å². The van der Waals surface area contributed by atoms with Gasteiger partial charge in [0.1, 0.15) is 11.3 Å². The molecule has 1 aromatic carbocycles. The van der Waals surface area contributed by atoms with Crippen LogP contribution in [0.4, 0.5) is 0 Å². The Morgan fingerprint density at radius 1 is 1.40 bits per heavy atom. The third kappa shape index (κ3) is 4.20. The van der Waals surface area contributed by atoms with E-state index in [2.05, 4.69) is 0 Å². The Bertz CT molecular complexity index is 331. The molecule has 1 rings (SSSR count). The average molecular weight is 226 g/mol. The highest BCUT2D eigenvalue weighted by Gasteiger charge is 2.00. The van der Waals surface area contributed by atoms with E-state index in [0.717, 1.165) is 6.42 Å². The zero-order valence-electron chi connectivity index (χ0n) is 8.44.